The number of benzene rings is 2. The minimum Gasteiger partial charge on any atom is -0.494 e. The predicted octanol–water partition coefficient (Wildman–Crippen LogP) is 3.24. The molecule has 2 amide bonds. The Kier molecular flexibility index (Phi) is 5.74. The van der Waals surface area contributed by atoms with Gasteiger partial charge >= 0.3 is 0 Å². The first-order chi connectivity index (χ1) is 13.0. The Morgan fingerprint density at radius 3 is 2.59 bits per heavy atom. The highest BCUT2D eigenvalue weighted by Gasteiger charge is 2.37. The summed E-state index contributed by atoms with van der Waals surface area (Å²) in [6.45, 7) is 3.17. The van der Waals surface area contributed by atoms with Gasteiger partial charge in [0.25, 0.3) is 0 Å². The SMILES string of the molecule is CCOc1ccc(CN(C)C(=O)C2CC(=O)N(c3ccccc3F)C2)cc1. The summed E-state index contributed by atoms with van der Waals surface area (Å²) in [5.74, 6) is -0.479. The first-order valence-electron chi connectivity index (χ1n) is 9.01. The van der Waals surface area contributed by atoms with Gasteiger partial charge < -0.3 is 14.5 Å². The maximum atomic E-state index is 14.0. The van der Waals surface area contributed by atoms with E-state index in [0.29, 0.717) is 13.2 Å². The standard InChI is InChI=1S/C21H23FN2O3/c1-3-27-17-10-8-15(9-11-17)13-23(2)21(26)16-12-20(25)24(14-16)19-7-5-4-6-18(19)22/h4-11,16H,3,12-14H2,1-2H3. The lowest BCUT2D eigenvalue weighted by atomic mass is 10.1. The Morgan fingerprint density at radius 2 is 1.93 bits per heavy atom. The van der Waals surface area contributed by atoms with Crippen LogP contribution in [-0.2, 0) is 16.1 Å². The average molecular weight is 370 g/mol. The van der Waals surface area contributed by atoms with Crippen LogP contribution >= 0.6 is 0 Å². The number of carbonyl (C=O) groups excluding carboxylic acids is 2. The zero-order valence-corrected chi connectivity index (χ0v) is 15.5. The molecule has 1 fully saturated rings. The van der Waals surface area contributed by atoms with E-state index in [9.17, 15) is 14.0 Å². The van der Waals surface area contributed by atoms with Crippen LogP contribution in [0, 0.1) is 11.7 Å². The molecule has 0 N–H and O–H groups in total. The van der Waals surface area contributed by atoms with E-state index in [1.54, 1.807) is 30.1 Å². The molecule has 0 saturated carbocycles. The second kappa shape index (κ2) is 8.20. The van der Waals surface area contributed by atoms with E-state index in [1.165, 1.54) is 11.0 Å². The van der Waals surface area contributed by atoms with Crippen molar-refractivity contribution < 1.29 is 18.7 Å². The molecule has 0 bridgehead atoms. The van der Waals surface area contributed by atoms with E-state index in [-0.39, 0.29) is 30.5 Å². The Labute approximate surface area is 158 Å². The third kappa shape index (κ3) is 4.27. The van der Waals surface area contributed by atoms with Crippen LogP contribution < -0.4 is 9.64 Å². The van der Waals surface area contributed by atoms with Gasteiger partial charge in [0.15, 0.2) is 0 Å². The van der Waals surface area contributed by atoms with E-state index in [2.05, 4.69) is 0 Å². The molecule has 1 saturated heterocycles. The van der Waals surface area contributed by atoms with Crippen molar-refractivity contribution in [2.24, 2.45) is 5.92 Å². The highest BCUT2D eigenvalue weighted by atomic mass is 19.1. The van der Waals surface area contributed by atoms with E-state index in [4.69, 9.17) is 4.74 Å². The number of hydrogen-bond donors (Lipinski definition) is 0. The lowest BCUT2D eigenvalue weighted by Gasteiger charge is -2.22. The molecule has 0 spiro atoms. The van der Waals surface area contributed by atoms with Crippen LogP contribution in [0.3, 0.4) is 0 Å². The van der Waals surface area contributed by atoms with Crippen LogP contribution in [0.1, 0.15) is 18.9 Å². The fourth-order valence-electron chi connectivity index (χ4n) is 3.30. The Bertz CT molecular complexity index is 822. The molecule has 5 nitrogen and oxygen atoms in total. The van der Waals surface area contributed by atoms with Gasteiger partial charge in [-0.15, -0.1) is 0 Å². The van der Waals surface area contributed by atoms with Gasteiger partial charge in [0, 0.05) is 26.6 Å². The third-order valence-electron chi connectivity index (χ3n) is 4.65. The topological polar surface area (TPSA) is 49.9 Å². The van der Waals surface area contributed by atoms with Gasteiger partial charge in [-0.05, 0) is 36.8 Å². The summed E-state index contributed by atoms with van der Waals surface area (Å²) in [6, 6.07) is 13.7. The van der Waals surface area contributed by atoms with Crippen molar-refractivity contribution in [1.82, 2.24) is 4.90 Å². The summed E-state index contributed by atoms with van der Waals surface area (Å²) < 4.78 is 19.4. The number of amides is 2. The van der Waals surface area contributed by atoms with Gasteiger partial charge in [0.1, 0.15) is 11.6 Å². The summed E-state index contributed by atoms with van der Waals surface area (Å²) in [6.07, 6.45) is 0.0980. The minimum absolute atomic E-state index is 0.0980. The fraction of sp³-hybridized carbons (Fsp3) is 0.333. The zero-order valence-electron chi connectivity index (χ0n) is 15.5. The molecule has 0 radical (unpaired) electrons. The highest BCUT2D eigenvalue weighted by molar-refractivity contribution is 6.00. The van der Waals surface area contributed by atoms with Crippen molar-refractivity contribution in [3.8, 4) is 5.75 Å². The molecule has 1 aliphatic rings. The minimum atomic E-state index is -0.468. The Hall–Kier alpha value is -2.89. The summed E-state index contributed by atoms with van der Waals surface area (Å²) in [5.41, 5.74) is 1.21. The quantitative estimate of drug-likeness (QED) is 0.784. The highest BCUT2D eigenvalue weighted by Crippen LogP contribution is 2.28. The zero-order chi connectivity index (χ0) is 19.4. The Balaban J connectivity index is 1.63. The molecule has 27 heavy (non-hydrogen) atoms. The van der Waals surface area contributed by atoms with Gasteiger partial charge in [0.05, 0.1) is 18.2 Å². The van der Waals surface area contributed by atoms with Crippen molar-refractivity contribution in [1.29, 1.82) is 0 Å². The molecule has 2 aromatic carbocycles. The lowest BCUT2D eigenvalue weighted by molar-refractivity contribution is -0.135. The number of ether oxygens (including phenoxy) is 1. The van der Waals surface area contributed by atoms with E-state index >= 15 is 0 Å². The number of hydrogen-bond acceptors (Lipinski definition) is 3. The van der Waals surface area contributed by atoms with Crippen LogP contribution in [0.4, 0.5) is 10.1 Å². The molecular formula is C21H23FN2O3. The van der Waals surface area contributed by atoms with E-state index in [0.717, 1.165) is 11.3 Å². The number of carbonyl (C=O) groups is 2. The molecule has 0 aromatic heterocycles. The molecule has 1 atom stereocenters. The van der Waals surface area contributed by atoms with Gasteiger partial charge in [-0.3, -0.25) is 9.59 Å². The lowest BCUT2D eigenvalue weighted by Crippen LogP contribution is -2.34. The monoisotopic (exact) mass is 370 g/mol. The van der Waals surface area contributed by atoms with Gasteiger partial charge in [-0.2, -0.15) is 0 Å². The maximum Gasteiger partial charge on any atom is 0.228 e. The molecular weight excluding hydrogens is 347 g/mol. The molecule has 1 aliphatic heterocycles. The van der Waals surface area contributed by atoms with E-state index in [1.807, 2.05) is 31.2 Å². The summed E-state index contributed by atoms with van der Waals surface area (Å²) in [4.78, 5) is 28.0. The molecule has 3 rings (SSSR count). The summed E-state index contributed by atoms with van der Waals surface area (Å²) >= 11 is 0. The predicted molar refractivity (Wildman–Crippen MR) is 101 cm³/mol. The number of para-hydroxylation sites is 1. The van der Waals surface area contributed by atoms with Crippen LogP contribution in [0.25, 0.3) is 0 Å². The van der Waals surface area contributed by atoms with Gasteiger partial charge in [-0.1, -0.05) is 24.3 Å². The van der Waals surface area contributed by atoms with Crippen LogP contribution in [-0.4, -0.2) is 36.9 Å². The van der Waals surface area contributed by atoms with Crippen LogP contribution in [0.5, 0.6) is 5.75 Å². The average Bonchev–Trinajstić information content (AvgIpc) is 3.05. The van der Waals surface area contributed by atoms with Crippen LogP contribution in [0.15, 0.2) is 48.5 Å². The molecule has 1 heterocycles. The summed E-state index contributed by atoms with van der Waals surface area (Å²) in [7, 11) is 1.72. The molecule has 142 valence electrons. The molecule has 1 unspecified atom stereocenters. The Morgan fingerprint density at radius 1 is 1.22 bits per heavy atom. The van der Waals surface area contributed by atoms with Crippen LogP contribution in [0.2, 0.25) is 0 Å². The number of nitrogens with zero attached hydrogens (tertiary/aromatic N) is 2. The number of anilines is 1. The van der Waals surface area contributed by atoms with Crippen molar-refractivity contribution in [3.63, 3.8) is 0 Å². The third-order valence-corrected chi connectivity index (χ3v) is 4.65. The number of halogens is 1. The van der Waals surface area contributed by atoms with E-state index < -0.39 is 11.7 Å². The van der Waals surface area contributed by atoms with Gasteiger partial charge in [-0.25, -0.2) is 4.39 Å². The maximum absolute atomic E-state index is 14.0. The van der Waals surface area contributed by atoms with Crippen molar-refractivity contribution >= 4 is 17.5 Å². The number of rotatable bonds is 6. The second-order valence-corrected chi connectivity index (χ2v) is 6.63. The van der Waals surface area contributed by atoms with Crippen molar-refractivity contribution in [3.05, 3.63) is 59.9 Å². The first-order valence-corrected chi connectivity index (χ1v) is 9.01. The molecule has 2 aromatic rings. The summed E-state index contributed by atoms with van der Waals surface area (Å²) in [5, 5.41) is 0. The second-order valence-electron chi connectivity index (χ2n) is 6.63. The largest absolute Gasteiger partial charge is 0.494 e. The van der Waals surface area contributed by atoms with Gasteiger partial charge in [0.2, 0.25) is 11.8 Å². The van der Waals surface area contributed by atoms with Crippen molar-refractivity contribution in [2.75, 3.05) is 25.1 Å². The first kappa shape index (κ1) is 18.9. The smallest absolute Gasteiger partial charge is 0.228 e. The normalized spacial score (nSPS) is 16.5. The fourth-order valence-corrected chi connectivity index (χ4v) is 3.30. The molecule has 0 aliphatic carbocycles. The van der Waals surface area contributed by atoms with Crippen molar-refractivity contribution in [2.45, 2.75) is 19.9 Å². The molecule has 6 heteroatoms.